The Balaban J connectivity index is 2.16. The summed E-state index contributed by atoms with van der Waals surface area (Å²) < 4.78 is 0.988. The first-order valence-corrected chi connectivity index (χ1v) is 7.26. The van der Waals surface area contributed by atoms with Gasteiger partial charge in [0, 0.05) is 23.9 Å². The van der Waals surface area contributed by atoms with Crippen molar-refractivity contribution in [1.29, 1.82) is 0 Å². The molecule has 0 unspecified atom stereocenters. The highest BCUT2D eigenvalue weighted by molar-refractivity contribution is 14.1. The van der Waals surface area contributed by atoms with E-state index in [2.05, 4.69) is 37.5 Å². The van der Waals surface area contributed by atoms with Gasteiger partial charge in [0.2, 0.25) is 0 Å². The van der Waals surface area contributed by atoms with Crippen molar-refractivity contribution < 1.29 is 0 Å². The second kappa shape index (κ2) is 4.74. The van der Waals surface area contributed by atoms with E-state index in [1.165, 1.54) is 12.8 Å². The standard InChI is InChI=1S/C13H11ClIN3/c1-7-4-5-16-6-9(7)13-17-11(8-2-3-8)10(15)12(14)18-13/h4-6,8H,2-3H2,1H3. The van der Waals surface area contributed by atoms with Crippen molar-refractivity contribution in [2.24, 2.45) is 0 Å². The molecule has 0 atom stereocenters. The molecule has 0 radical (unpaired) electrons. The molecular weight excluding hydrogens is 361 g/mol. The minimum atomic E-state index is 0.547. The molecule has 1 aliphatic rings. The minimum Gasteiger partial charge on any atom is -0.264 e. The van der Waals surface area contributed by atoms with Crippen molar-refractivity contribution in [3.05, 3.63) is 38.4 Å². The van der Waals surface area contributed by atoms with Crippen molar-refractivity contribution in [1.82, 2.24) is 15.0 Å². The van der Waals surface area contributed by atoms with Crippen LogP contribution in [-0.4, -0.2) is 15.0 Å². The van der Waals surface area contributed by atoms with E-state index in [0.29, 0.717) is 16.9 Å². The number of pyridine rings is 1. The Morgan fingerprint density at radius 1 is 1.33 bits per heavy atom. The van der Waals surface area contributed by atoms with Gasteiger partial charge in [0.1, 0.15) is 5.15 Å². The molecule has 18 heavy (non-hydrogen) atoms. The summed E-state index contributed by atoms with van der Waals surface area (Å²) in [6.07, 6.45) is 5.98. The number of nitrogens with zero attached hydrogens (tertiary/aromatic N) is 3. The van der Waals surface area contributed by atoms with Crippen LogP contribution in [0.2, 0.25) is 5.15 Å². The van der Waals surface area contributed by atoms with Crippen molar-refractivity contribution in [2.45, 2.75) is 25.7 Å². The molecule has 0 spiro atoms. The Kier molecular flexibility index (Phi) is 3.23. The highest BCUT2D eigenvalue weighted by Gasteiger charge is 2.29. The van der Waals surface area contributed by atoms with Crippen molar-refractivity contribution in [3.8, 4) is 11.4 Å². The van der Waals surface area contributed by atoms with Crippen molar-refractivity contribution >= 4 is 34.2 Å². The van der Waals surface area contributed by atoms with Crippen LogP contribution in [-0.2, 0) is 0 Å². The summed E-state index contributed by atoms with van der Waals surface area (Å²) in [4.78, 5) is 13.2. The highest BCUT2D eigenvalue weighted by Crippen LogP contribution is 2.42. The Morgan fingerprint density at radius 3 is 2.78 bits per heavy atom. The monoisotopic (exact) mass is 371 g/mol. The van der Waals surface area contributed by atoms with E-state index in [0.717, 1.165) is 20.4 Å². The van der Waals surface area contributed by atoms with Crippen LogP contribution in [0.15, 0.2) is 18.5 Å². The first-order chi connectivity index (χ1) is 8.66. The van der Waals surface area contributed by atoms with Crippen LogP contribution < -0.4 is 0 Å². The lowest BCUT2D eigenvalue weighted by molar-refractivity contribution is 0.975. The molecule has 0 aromatic carbocycles. The van der Waals surface area contributed by atoms with E-state index in [-0.39, 0.29) is 0 Å². The summed E-state index contributed by atoms with van der Waals surface area (Å²) in [5.74, 6) is 1.25. The summed E-state index contributed by atoms with van der Waals surface area (Å²) in [6, 6.07) is 1.96. The maximum Gasteiger partial charge on any atom is 0.163 e. The van der Waals surface area contributed by atoms with Crippen LogP contribution in [0, 0.1) is 10.5 Å². The third-order valence-corrected chi connectivity index (χ3v) is 4.74. The lowest BCUT2D eigenvalue weighted by Gasteiger charge is -2.08. The normalized spacial score (nSPS) is 14.8. The first kappa shape index (κ1) is 12.3. The minimum absolute atomic E-state index is 0.547. The molecule has 92 valence electrons. The van der Waals surface area contributed by atoms with Gasteiger partial charge in [0.15, 0.2) is 5.82 Å². The topological polar surface area (TPSA) is 38.7 Å². The number of aryl methyl sites for hydroxylation is 1. The van der Waals surface area contributed by atoms with Gasteiger partial charge in [-0.05, 0) is 54.0 Å². The van der Waals surface area contributed by atoms with Gasteiger partial charge in [-0.2, -0.15) is 0 Å². The summed E-state index contributed by atoms with van der Waals surface area (Å²) in [5.41, 5.74) is 3.16. The fourth-order valence-electron chi connectivity index (χ4n) is 1.88. The zero-order chi connectivity index (χ0) is 12.7. The van der Waals surface area contributed by atoms with Gasteiger partial charge >= 0.3 is 0 Å². The number of rotatable bonds is 2. The van der Waals surface area contributed by atoms with E-state index in [1.807, 2.05) is 13.0 Å². The van der Waals surface area contributed by atoms with Crippen LogP contribution >= 0.6 is 34.2 Å². The Labute approximate surface area is 124 Å². The molecule has 0 saturated heterocycles. The zero-order valence-electron chi connectivity index (χ0n) is 9.82. The molecular formula is C13H11ClIN3. The second-order valence-corrected chi connectivity index (χ2v) is 5.94. The molecule has 1 saturated carbocycles. The summed E-state index contributed by atoms with van der Waals surface area (Å²) in [7, 11) is 0. The third kappa shape index (κ3) is 2.23. The molecule has 3 rings (SSSR count). The van der Waals surface area contributed by atoms with E-state index in [9.17, 15) is 0 Å². The van der Waals surface area contributed by atoms with Crippen molar-refractivity contribution in [2.75, 3.05) is 0 Å². The molecule has 1 aliphatic carbocycles. The largest absolute Gasteiger partial charge is 0.264 e. The number of halogens is 2. The average Bonchev–Trinajstić information content (AvgIpc) is 3.17. The highest BCUT2D eigenvalue weighted by atomic mass is 127. The van der Waals surface area contributed by atoms with Gasteiger partial charge in [0.05, 0.1) is 9.26 Å². The predicted octanol–water partition coefficient (Wildman–Crippen LogP) is 3.98. The Morgan fingerprint density at radius 2 is 2.11 bits per heavy atom. The number of aromatic nitrogens is 3. The fraction of sp³-hybridized carbons (Fsp3) is 0.308. The smallest absolute Gasteiger partial charge is 0.163 e. The Hall–Kier alpha value is -0.750. The van der Waals surface area contributed by atoms with E-state index in [4.69, 9.17) is 11.6 Å². The van der Waals surface area contributed by atoms with Crippen LogP contribution in [0.25, 0.3) is 11.4 Å². The Bertz CT molecular complexity index is 611. The zero-order valence-corrected chi connectivity index (χ0v) is 12.7. The van der Waals surface area contributed by atoms with Gasteiger partial charge in [-0.25, -0.2) is 9.97 Å². The molecule has 0 aliphatic heterocycles. The third-order valence-electron chi connectivity index (χ3n) is 3.08. The van der Waals surface area contributed by atoms with Crippen molar-refractivity contribution in [3.63, 3.8) is 0 Å². The molecule has 2 aromatic heterocycles. The molecule has 2 heterocycles. The predicted molar refractivity (Wildman–Crippen MR) is 79.7 cm³/mol. The van der Waals surface area contributed by atoms with Crippen LogP contribution in [0.5, 0.6) is 0 Å². The first-order valence-electron chi connectivity index (χ1n) is 5.80. The lowest BCUT2D eigenvalue weighted by atomic mass is 10.1. The summed E-state index contributed by atoms with van der Waals surface area (Å²) in [5, 5.41) is 0.547. The van der Waals surface area contributed by atoms with Crippen LogP contribution in [0.4, 0.5) is 0 Å². The SMILES string of the molecule is Cc1ccncc1-c1nc(Cl)c(I)c(C2CC2)n1. The van der Waals surface area contributed by atoms with E-state index in [1.54, 1.807) is 12.4 Å². The van der Waals surface area contributed by atoms with Gasteiger partial charge < -0.3 is 0 Å². The molecule has 0 bridgehead atoms. The van der Waals surface area contributed by atoms with Gasteiger partial charge in [-0.3, -0.25) is 4.98 Å². The molecule has 0 amide bonds. The maximum absolute atomic E-state index is 6.21. The molecule has 1 fully saturated rings. The molecule has 2 aromatic rings. The van der Waals surface area contributed by atoms with Crippen LogP contribution in [0.1, 0.15) is 30.0 Å². The van der Waals surface area contributed by atoms with Gasteiger partial charge in [0.25, 0.3) is 0 Å². The molecule has 0 N–H and O–H groups in total. The maximum atomic E-state index is 6.21. The fourth-order valence-corrected chi connectivity index (χ4v) is 2.74. The second-order valence-electron chi connectivity index (χ2n) is 4.50. The average molecular weight is 372 g/mol. The molecule has 5 heteroatoms. The number of hydrogen-bond acceptors (Lipinski definition) is 3. The molecule has 3 nitrogen and oxygen atoms in total. The quantitative estimate of drug-likeness (QED) is 0.592. The van der Waals surface area contributed by atoms with Gasteiger partial charge in [-0.15, -0.1) is 0 Å². The summed E-state index contributed by atoms with van der Waals surface area (Å²) >= 11 is 8.45. The van der Waals surface area contributed by atoms with E-state index >= 15 is 0 Å². The van der Waals surface area contributed by atoms with Crippen LogP contribution in [0.3, 0.4) is 0 Å². The summed E-state index contributed by atoms with van der Waals surface area (Å²) in [6.45, 7) is 2.03. The van der Waals surface area contributed by atoms with Gasteiger partial charge in [-0.1, -0.05) is 11.6 Å². The number of hydrogen-bond donors (Lipinski definition) is 0. The lowest BCUT2D eigenvalue weighted by Crippen LogP contribution is -2.00. The van der Waals surface area contributed by atoms with E-state index < -0.39 is 0 Å².